The fourth-order valence-electron chi connectivity index (χ4n) is 2.31. The lowest BCUT2D eigenvalue weighted by molar-refractivity contribution is -0.144. The Labute approximate surface area is 158 Å². The SMILES string of the molecule is CCOC(=O)CC(O)/C(=C/c1ccccc1)NC(=O)OCc1ccccc1. The van der Waals surface area contributed by atoms with Gasteiger partial charge in [-0.15, -0.1) is 0 Å². The number of hydrogen-bond acceptors (Lipinski definition) is 5. The minimum absolute atomic E-state index is 0.0965. The third-order valence-corrected chi connectivity index (χ3v) is 3.61. The van der Waals surface area contributed by atoms with Gasteiger partial charge in [0.05, 0.1) is 18.7 Å². The number of aliphatic hydroxyl groups is 1. The molecule has 0 radical (unpaired) electrons. The lowest BCUT2D eigenvalue weighted by Gasteiger charge is -2.16. The Kier molecular flexibility index (Phi) is 8.06. The Morgan fingerprint density at radius 3 is 2.30 bits per heavy atom. The van der Waals surface area contributed by atoms with E-state index in [0.29, 0.717) is 0 Å². The van der Waals surface area contributed by atoms with Crippen LogP contribution in [0.2, 0.25) is 0 Å². The van der Waals surface area contributed by atoms with Gasteiger partial charge in [-0.1, -0.05) is 60.7 Å². The highest BCUT2D eigenvalue weighted by Gasteiger charge is 2.19. The average molecular weight is 369 g/mol. The van der Waals surface area contributed by atoms with Crippen LogP contribution < -0.4 is 5.32 Å². The largest absolute Gasteiger partial charge is 0.466 e. The van der Waals surface area contributed by atoms with Crippen molar-refractivity contribution in [3.8, 4) is 0 Å². The van der Waals surface area contributed by atoms with Gasteiger partial charge in [0.2, 0.25) is 0 Å². The van der Waals surface area contributed by atoms with E-state index in [-0.39, 0.29) is 25.3 Å². The molecular weight excluding hydrogens is 346 g/mol. The number of carbonyl (C=O) groups is 2. The van der Waals surface area contributed by atoms with Gasteiger partial charge in [0, 0.05) is 0 Å². The summed E-state index contributed by atoms with van der Waals surface area (Å²) in [4.78, 5) is 23.8. The van der Waals surface area contributed by atoms with Crippen LogP contribution in [-0.4, -0.2) is 29.9 Å². The molecule has 27 heavy (non-hydrogen) atoms. The zero-order valence-electron chi connectivity index (χ0n) is 15.1. The first-order chi connectivity index (χ1) is 13.1. The quantitative estimate of drug-likeness (QED) is 0.698. The first-order valence-electron chi connectivity index (χ1n) is 8.66. The van der Waals surface area contributed by atoms with Crippen molar-refractivity contribution >= 4 is 18.1 Å². The minimum Gasteiger partial charge on any atom is -0.466 e. The van der Waals surface area contributed by atoms with Crippen molar-refractivity contribution in [1.29, 1.82) is 0 Å². The molecule has 0 heterocycles. The van der Waals surface area contributed by atoms with E-state index in [9.17, 15) is 14.7 Å². The molecule has 0 aliphatic rings. The maximum Gasteiger partial charge on any atom is 0.411 e. The summed E-state index contributed by atoms with van der Waals surface area (Å²) in [6, 6.07) is 18.4. The second-order valence-corrected chi connectivity index (χ2v) is 5.72. The number of aliphatic hydroxyl groups excluding tert-OH is 1. The van der Waals surface area contributed by atoms with Crippen LogP contribution in [0, 0.1) is 0 Å². The molecule has 2 aromatic carbocycles. The lowest BCUT2D eigenvalue weighted by Crippen LogP contribution is -2.32. The molecule has 0 saturated heterocycles. The van der Waals surface area contributed by atoms with Crippen LogP contribution in [0.5, 0.6) is 0 Å². The van der Waals surface area contributed by atoms with Crippen molar-refractivity contribution in [3.63, 3.8) is 0 Å². The van der Waals surface area contributed by atoms with Crippen LogP contribution >= 0.6 is 0 Å². The van der Waals surface area contributed by atoms with Crippen LogP contribution in [-0.2, 0) is 20.9 Å². The second kappa shape index (κ2) is 10.8. The number of amides is 1. The topological polar surface area (TPSA) is 84.9 Å². The highest BCUT2D eigenvalue weighted by molar-refractivity contribution is 5.74. The van der Waals surface area contributed by atoms with Crippen LogP contribution in [0.15, 0.2) is 66.4 Å². The lowest BCUT2D eigenvalue weighted by atomic mass is 10.1. The Morgan fingerprint density at radius 2 is 1.67 bits per heavy atom. The number of nitrogens with one attached hydrogen (secondary N) is 1. The molecule has 0 spiro atoms. The Hall–Kier alpha value is -3.12. The summed E-state index contributed by atoms with van der Waals surface area (Å²) in [6.45, 7) is 2.00. The van der Waals surface area contributed by atoms with Gasteiger partial charge in [-0.25, -0.2) is 4.79 Å². The Bertz CT molecular complexity index is 759. The fourth-order valence-corrected chi connectivity index (χ4v) is 2.31. The number of carbonyl (C=O) groups excluding carboxylic acids is 2. The summed E-state index contributed by atoms with van der Waals surface area (Å²) in [5.74, 6) is -0.552. The summed E-state index contributed by atoms with van der Waals surface area (Å²) in [5.41, 5.74) is 1.76. The molecule has 0 fully saturated rings. The zero-order chi connectivity index (χ0) is 19.5. The maximum absolute atomic E-state index is 12.1. The molecule has 6 heteroatoms. The fraction of sp³-hybridized carbons (Fsp3) is 0.238. The second-order valence-electron chi connectivity index (χ2n) is 5.72. The highest BCUT2D eigenvalue weighted by atomic mass is 16.5. The van der Waals surface area contributed by atoms with Crippen molar-refractivity contribution in [2.75, 3.05) is 6.61 Å². The summed E-state index contributed by atoms with van der Waals surface area (Å²) >= 11 is 0. The molecule has 0 aliphatic heterocycles. The smallest absolute Gasteiger partial charge is 0.411 e. The molecule has 142 valence electrons. The van der Waals surface area contributed by atoms with E-state index in [1.54, 1.807) is 13.0 Å². The molecule has 2 rings (SSSR count). The number of alkyl carbamates (subject to hydrolysis) is 1. The molecule has 1 amide bonds. The number of benzene rings is 2. The third-order valence-electron chi connectivity index (χ3n) is 3.61. The molecule has 0 aromatic heterocycles. The molecule has 2 N–H and O–H groups in total. The third kappa shape index (κ3) is 7.33. The zero-order valence-corrected chi connectivity index (χ0v) is 15.1. The van der Waals surface area contributed by atoms with Gasteiger partial charge >= 0.3 is 12.1 Å². The summed E-state index contributed by atoms with van der Waals surface area (Å²) in [7, 11) is 0. The Morgan fingerprint density at radius 1 is 1.04 bits per heavy atom. The number of esters is 1. The monoisotopic (exact) mass is 369 g/mol. The first-order valence-corrected chi connectivity index (χ1v) is 8.66. The minimum atomic E-state index is -1.23. The van der Waals surface area contributed by atoms with Crippen LogP contribution in [0.25, 0.3) is 6.08 Å². The van der Waals surface area contributed by atoms with Crippen molar-refractivity contribution in [1.82, 2.24) is 5.32 Å². The molecule has 0 aliphatic carbocycles. The van der Waals surface area contributed by atoms with Gasteiger partial charge in [-0.3, -0.25) is 10.1 Å². The highest BCUT2D eigenvalue weighted by Crippen LogP contribution is 2.12. The molecule has 6 nitrogen and oxygen atoms in total. The van der Waals surface area contributed by atoms with Gasteiger partial charge in [0.1, 0.15) is 12.7 Å². The number of ether oxygens (including phenoxy) is 2. The van der Waals surface area contributed by atoms with Crippen molar-refractivity contribution in [2.24, 2.45) is 0 Å². The van der Waals surface area contributed by atoms with Crippen LogP contribution in [0.4, 0.5) is 4.79 Å². The standard InChI is InChI=1S/C21H23NO5/c1-2-26-20(24)14-19(23)18(13-16-9-5-3-6-10-16)22-21(25)27-15-17-11-7-4-8-12-17/h3-13,19,23H,2,14-15H2,1H3,(H,22,25)/b18-13-. The van der Waals surface area contributed by atoms with Gasteiger partial charge in [0.15, 0.2) is 0 Å². The molecule has 1 unspecified atom stereocenters. The molecule has 0 bridgehead atoms. The predicted molar refractivity (Wildman–Crippen MR) is 101 cm³/mol. The molecule has 0 saturated carbocycles. The molecular formula is C21H23NO5. The molecule has 2 aromatic rings. The Balaban J connectivity index is 2.05. The van der Waals surface area contributed by atoms with E-state index < -0.39 is 18.2 Å². The van der Waals surface area contributed by atoms with Crippen molar-refractivity contribution in [2.45, 2.75) is 26.1 Å². The van der Waals surface area contributed by atoms with Gasteiger partial charge < -0.3 is 14.6 Å². The van der Waals surface area contributed by atoms with E-state index >= 15 is 0 Å². The van der Waals surface area contributed by atoms with Crippen LogP contribution in [0.3, 0.4) is 0 Å². The van der Waals surface area contributed by atoms with Gasteiger partial charge in [0.25, 0.3) is 0 Å². The van der Waals surface area contributed by atoms with Crippen molar-refractivity contribution in [3.05, 3.63) is 77.5 Å². The number of rotatable bonds is 8. The van der Waals surface area contributed by atoms with Gasteiger partial charge in [-0.05, 0) is 24.1 Å². The first kappa shape index (κ1) is 20.2. The van der Waals surface area contributed by atoms with Crippen molar-refractivity contribution < 1.29 is 24.2 Å². The summed E-state index contributed by atoms with van der Waals surface area (Å²) < 4.78 is 10.0. The maximum atomic E-state index is 12.1. The van der Waals surface area contributed by atoms with E-state index in [4.69, 9.17) is 9.47 Å². The van der Waals surface area contributed by atoms with E-state index in [1.807, 2.05) is 60.7 Å². The van der Waals surface area contributed by atoms with E-state index in [1.165, 1.54) is 0 Å². The normalized spacial score (nSPS) is 12.1. The van der Waals surface area contributed by atoms with E-state index in [0.717, 1.165) is 11.1 Å². The van der Waals surface area contributed by atoms with Gasteiger partial charge in [-0.2, -0.15) is 0 Å². The summed E-state index contributed by atoms with van der Waals surface area (Å²) in [6.07, 6.45) is -0.628. The average Bonchev–Trinajstić information content (AvgIpc) is 2.67. The van der Waals surface area contributed by atoms with E-state index in [2.05, 4.69) is 5.32 Å². The predicted octanol–water partition coefficient (Wildman–Crippen LogP) is 3.27. The van der Waals surface area contributed by atoms with Crippen LogP contribution in [0.1, 0.15) is 24.5 Å². The summed E-state index contributed by atoms with van der Waals surface area (Å²) in [5, 5.41) is 12.9. The molecule has 1 atom stereocenters. The number of hydrogen-bond donors (Lipinski definition) is 2.